The third-order valence-corrected chi connectivity index (χ3v) is 7.24. The largest absolute Gasteiger partial charge is 0.435 e. The Morgan fingerprint density at radius 3 is 2.24 bits per heavy atom. The summed E-state index contributed by atoms with van der Waals surface area (Å²) in [4.78, 5) is 27.1. The molecule has 3 aromatic rings. The van der Waals surface area contributed by atoms with Crippen LogP contribution in [-0.2, 0) is 4.79 Å². The Morgan fingerprint density at radius 2 is 1.60 bits per heavy atom. The molecule has 1 fully saturated rings. The van der Waals surface area contributed by atoms with Gasteiger partial charge < -0.3 is 15.0 Å². The lowest BCUT2D eigenvalue weighted by Crippen LogP contribution is -2.46. The predicted octanol–water partition coefficient (Wildman–Crippen LogP) is 7.62. The number of hydrogen-bond acceptors (Lipinski definition) is 3. The van der Waals surface area contributed by atoms with Gasteiger partial charge >= 0.3 is 12.8 Å². The standard InChI is InChI=1S/C31H30F6N2O3/c32-25-11-7-21(8-12-25)28(40)38-15-2-1-3-16-39(29(41)23-17-24(18-23)31(35,36)37)26-6-4-5-22(19-26)20-9-13-27(14-10-20)42-30(33)34/h4-14,19,23-24,30H,1-3,15-18H2,(H,38,40)/t23-,24-. The van der Waals surface area contributed by atoms with E-state index < -0.39 is 30.4 Å². The Labute approximate surface area is 239 Å². The van der Waals surface area contributed by atoms with Gasteiger partial charge in [-0.3, -0.25) is 9.59 Å². The normalized spacial score (nSPS) is 16.5. The Bertz CT molecular complexity index is 1340. The van der Waals surface area contributed by atoms with Crippen molar-refractivity contribution in [2.24, 2.45) is 11.8 Å². The van der Waals surface area contributed by atoms with Crippen LogP contribution in [-0.4, -0.2) is 37.7 Å². The summed E-state index contributed by atoms with van der Waals surface area (Å²) in [6.07, 6.45) is -3.06. The highest BCUT2D eigenvalue weighted by Crippen LogP contribution is 2.46. The van der Waals surface area contributed by atoms with E-state index in [0.717, 1.165) is 0 Å². The molecule has 42 heavy (non-hydrogen) atoms. The highest BCUT2D eigenvalue weighted by molar-refractivity contribution is 5.96. The van der Waals surface area contributed by atoms with E-state index in [0.29, 0.717) is 48.2 Å². The van der Waals surface area contributed by atoms with E-state index in [9.17, 15) is 35.9 Å². The first-order valence-corrected chi connectivity index (χ1v) is 13.6. The summed E-state index contributed by atoms with van der Waals surface area (Å²) in [5.41, 5.74) is 2.23. The van der Waals surface area contributed by atoms with Gasteiger partial charge in [0, 0.05) is 30.3 Å². The van der Waals surface area contributed by atoms with Crippen LogP contribution in [0.4, 0.5) is 32.0 Å². The minimum atomic E-state index is -4.33. The summed E-state index contributed by atoms with van der Waals surface area (Å²) in [5, 5.41) is 2.76. The second-order valence-electron chi connectivity index (χ2n) is 10.2. The van der Waals surface area contributed by atoms with Gasteiger partial charge in [-0.15, -0.1) is 0 Å². The van der Waals surface area contributed by atoms with E-state index in [1.807, 2.05) is 0 Å². The summed E-state index contributed by atoms with van der Waals surface area (Å²) in [6, 6.07) is 18.1. The maximum Gasteiger partial charge on any atom is 0.391 e. The molecule has 0 aliphatic heterocycles. The fourth-order valence-electron chi connectivity index (χ4n) is 4.83. The number of ether oxygens (including phenoxy) is 1. The molecule has 0 atom stereocenters. The van der Waals surface area contributed by atoms with Crippen LogP contribution >= 0.6 is 0 Å². The van der Waals surface area contributed by atoms with Crippen molar-refractivity contribution in [1.29, 1.82) is 0 Å². The summed E-state index contributed by atoms with van der Waals surface area (Å²) in [5.74, 6) is -3.37. The van der Waals surface area contributed by atoms with E-state index in [1.165, 1.54) is 41.3 Å². The van der Waals surface area contributed by atoms with Crippen LogP contribution in [0.15, 0.2) is 72.8 Å². The smallest absolute Gasteiger partial charge is 0.391 e. The van der Waals surface area contributed by atoms with Crippen molar-refractivity contribution in [1.82, 2.24) is 5.32 Å². The van der Waals surface area contributed by atoms with Crippen LogP contribution in [0.3, 0.4) is 0 Å². The number of anilines is 1. The summed E-state index contributed by atoms with van der Waals surface area (Å²) < 4.78 is 81.7. The summed E-state index contributed by atoms with van der Waals surface area (Å²) in [6.45, 7) is -2.32. The number of amides is 2. The number of unbranched alkanes of at least 4 members (excludes halogenated alkanes) is 2. The number of nitrogens with zero attached hydrogens (tertiary/aromatic N) is 1. The molecule has 11 heteroatoms. The third kappa shape index (κ3) is 8.27. The number of benzene rings is 3. The molecule has 3 aromatic carbocycles. The van der Waals surface area contributed by atoms with Gasteiger partial charge in [-0.2, -0.15) is 22.0 Å². The van der Waals surface area contributed by atoms with Crippen molar-refractivity contribution in [2.45, 2.75) is 44.9 Å². The second-order valence-corrected chi connectivity index (χ2v) is 10.2. The van der Waals surface area contributed by atoms with Crippen molar-refractivity contribution in [3.8, 4) is 16.9 Å². The lowest BCUT2D eigenvalue weighted by Gasteiger charge is -2.38. The molecular weight excluding hydrogens is 562 g/mol. The van der Waals surface area contributed by atoms with Crippen molar-refractivity contribution >= 4 is 17.5 Å². The minimum absolute atomic E-state index is 0.000216. The van der Waals surface area contributed by atoms with E-state index in [4.69, 9.17) is 0 Å². The van der Waals surface area contributed by atoms with Crippen molar-refractivity contribution < 1.29 is 40.7 Å². The first kappa shape index (κ1) is 30.9. The topological polar surface area (TPSA) is 58.6 Å². The molecule has 0 aromatic heterocycles. The molecule has 0 bridgehead atoms. The zero-order chi connectivity index (χ0) is 30.3. The van der Waals surface area contributed by atoms with Crippen LogP contribution in [0, 0.1) is 17.7 Å². The highest BCUT2D eigenvalue weighted by atomic mass is 19.4. The number of alkyl halides is 5. The summed E-state index contributed by atoms with van der Waals surface area (Å²) >= 11 is 0. The van der Waals surface area contributed by atoms with Crippen LogP contribution in [0.5, 0.6) is 5.75 Å². The molecule has 0 radical (unpaired) electrons. The molecule has 2 amide bonds. The highest BCUT2D eigenvalue weighted by Gasteiger charge is 2.50. The fourth-order valence-corrected chi connectivity index (χ4v) is 4.83. The average molecular weight is 593 g/mol. The van der Waals surface area contributed by atoms with Crippen LogP contribution in [0.1, 0.15) is 42.5 Å². The second kappa shape index (κ2) is 13.8. The molecule has 0 heterocycles. The van der Waals surface area contributed by atoms with E-state index in [2.05, 4.69) is 10.1 Å². The first-order chi connectivity index (χ1) is 20.0. The maximum atomic E-state index is 13.4. The van der Waals surface area contributed by atoms with E-state index >= 15 is 0 Å². The van der Waals surface area contributed by atoms with Crippen molar-refractivity contribution in [2.75, 3.05) is 18.0 Å². The molecule has 224 valence electrons. The van der Waals surface area contributed by atoms with Crippen LogP contribution < -0.4 is 15.0 Å². The quantitative estimate of drug-likeness (QED) is 0.174. The van der Waals surface area contributed by atoms with E-state index in [1.54, 1.807) is 36.4 Å². The van der Waals surface area contributed by atoms with Crippen molar-refractivity contribution in [3.05, 3.63) is 84.2 Å². The minimum Gasteiger partial charge on any atom is -0.435 e. The first-order valence-electron chi connectivity index (χ1n) is 13.6. The SMILES string of the molecule is O=C(NCCCCCN(c1cccc(-c2ccc(OC(F)F)cc2)c1)C(=O)[C@H]1C[C@H](C(F)(F)F)C1)c1ccc(F)cc1. The van der Waals surface area contributed by atoms with Gasteiger partial charge in [-0.25, -0.2) is 4.39 Å². The third-order valence-electron chi connectivity index (χ3n) is 7.24. The zero-order valence-corrected chi connectivity index (χ0v) is 22.5. The number of rotatable bonds is 12. The molecule has 1 N–H and O–H groups in total. The lowest BCUT2D eigenvalue weighted by molar-refractivity contribution is -0.204. The zero-order valence-electron chi connectivity index (χ0n) is 22.5. The summed E-state index contributed by atoms with van der Waals surface area (Å²) in [7, 11) is 0. The Hall–Kier alpha value is -4.02. The average Bonchev–Trinajstić information content (AvgIpc) is 2.91. The fraction of sp³-hybridized carbons (Fsp3) is 0.355. The Morgan fingerprint density at radius 1 is 0.905 bits per heavy atom. The van der Waals surface area contributed by atoms with E-state index in [-0.39, 0.29) is 37.0 Å². The van der Waals surface area contributed by atoms with Gasteiger partial charge in [0.2, 0.25) is 5.91 Å². The molecule has 1 saturated carbocycles. The molecule has 5 nitrogen and oxygen atoms in total. The number of halogens is 6. The van der Waals surface area contributed by atoms with Gasteiger partial charge in [0.25, 0.3) is 5.91 Å². The number of hydrogen-bond donors (Lipinski definition) is 1. The van der Waals surface area contributed by atoms with Gasteiger partial charge in [0.15, 0.2) is 0 Å². The molecule has 1 aliphatic rings. The lowest BCUT2D eigenvalue weighted by atomic mass is 9.73. The molecule has 0 saturated heterocycles. The van der Waals surface area contributed by atoms with Crippen molar-refractivity contribution in [3.63, 3.8) is 0 Å². The van der Waals surface area contributed by atoms with Gasteiger partial charge in [-0.05, 0) is 91.8 Å². The van der Waals surface area contributed by atoms with Gasteiger partial charge in [0.05, 0.1) is 5.92 Å². The van der Waals surface area contributed by atoms with Crippen LogP contribution in [0.2, 0.25) is 0 Å². The molecular formula is C31H30F6N2O3. The maximum absolute atomic E-state index is 13.4. The number of nitrogens with one attached hydrogen (secondary N) is 1. The Kier molecular flexibility index (Phi) is 10.1. The van der Waals surface area contributed by atoms with Crippen LogP contribution in [0.25, 0.3) is 11.1 Å². The molecule has 1 aliphatic carbocycles. The monoisotopic (exact) mass is 592 g/mol. The number of carbonyl (C=O) groups is 2. The molecule has 0 unspecified atom stereocenters. The number of carbonyl (C=O) groups excluding carboxylic acids is 2. The molecule has 4 rings (SSSR count). The van der Waals surface area contributed by atoms with Gasteiger partial charge in [-0.1, -0.05) is 24.3 Å². The van der Waals surface area contributed by atoms with Gasteiger partial charge in [0.1, 0.15) is 11.6 Å². The predicted molar refractivity (Wildman–Crippen MR) is 146 cm³/mol. The Balaban J connectivity index is 1.39. The molecule has 0 spiro atoms.